The predicted molar refractivity (Wildman–Crippen MR) is 117 cm³/mol. The molecule has 1 N–H and O–H groups in total. The highest BCUT2D eigenvalue weighted by atomic mass is 35.5. The van der Waals surface area contributed by atoms with Gasteiger partial charge in [-0.25, -0.2) is 13.2 Å². The molecule has 1 aliphatic heterocycles. The van der Waals surface area contributed by atoms with Gasteiger partial charge >= 0.3 is 5.97 Å². The maximum atomic E-state index is 13.0. The second kappa shape index (κ2) is 10.3. The number of carbonyl (C=O) groups is 2. The van der Waals surface area contributed by atoms with Crippen molar-refractivity contribution in [3.05, 3.63) is 64.2 Å². The molecule has 1 fully saturated rings. The number of sulfonamides is 1. The average molecular weight is 465 g/mol. The molecule has 1 aliphatic rings. The Morgan fingerprint density at radius 1 is 1.10 bits per heavy atom. The first-order chi connectivity index (χ1) is 14.8. The summed E-state index contributed by atoms with van der Waals surface area (Å²) in [5.41, 5.74) is 1.38. The molecule has 9 heteroatoms. The molecule has 0 bridgehead atoms. The Hall–Kier alpha value is -2.42. The van der Waals surface area contributed by atoms with E-state index in [0.717, 1.165) is 24.8 Å². The molecule has 0 radical (unpaired) electrons. The molecule has 0 unspecified atom stereocenters. The fraction of sp³-hybridized carbons (Fsp3) is 0.364. The van der Waals surface area contributed by atoms with Crippen molar-refractivity contribution < 1.29 is 22.7 Å². The van der Waals surface area contributed by atoms with Crippen molar-refractivity contribution in [2.45, 2.75) is 37.6 Å². The number of amides is 1. The van der Waals surface area contributed by atoms with Gasteiger partial charge in [-0.3, -0.25) is 4.79 Å². The summed E-state index contributed by atoms with van der Waals surface area (Å²) in [4.78, 5) is 24.5. The molecular weight excluding hydrogens is 440 g/mol. The number of rotatable bonds is 7. The minimum absolute atomic E-state index is 0.0834. The monoisotopic (exact) mass is 464 g/mol. The number of benzene rings is 2. The second-order valence-electron chi connectivity index (χ2n) is 7.39. The number of halogens is 1. The van der Waals surface area contributed by atoms with Crippen LogP contribution in [0.4, 0.5) is 0 Å². The summed E-state index contributed by atoms with van der Waals surface area (Å²) in [5, 5.41) is 3.16. The number of esters is 1. The maximum Gasteiger partial charge on any atom is 0.338 e. The minimum Gasteiger partial charge on any atom is -0.452 e. The van der Waals surface area contributed by atoms with Crippen molar-refractivity contribution in [1.29, 1.82) is 0 Å². The molecule has 166 valence electrons. The minimum atomic E-state index is -3.69. The van der Waals surface area contributed by atoms with Crippen LogP contribution in [0.3, 0.4) is 0 Å². The quantitative estimate of drug-likeness (QED) is 0.634. The van der Waals surface area contributed by atoms with Crippen LogP contribution in [0, 0.1) is 6.92 Å². The lowest BCUT2D eigenvalue weighted by Gasteiger charge is -2.26. The van der Waals surface area contributed by atoms with E-state index in [1.54, 1.807) is 37.3 Å². The molecule has 2 aromatic rings. The van der Waals surface area contributed by atoms with Crippen LogP contribution in [0.1, 0.15) is 40.7 Å². The van der Waals surface area contributed by atoms with Crippen LogP contribution in [0.2, 0.25) is 5.02 Å². The molecular formula is C22H25ClN2O5S. The molecule has 1 saturated heterocycles. The van der Waals surface area contributed by atoms with Crippen LogP contribution in [-0.2, 0) is 26.1 Å². The largest absolute Gasteiger partial charge is 0.452 e. The molecule has 7 nitrogen and oxygen atoms in total. The number of ether oxygens (including phenoxy) is 1. The van der Waals surface area contributed by atoms with Gasteiger partial charge in [0, 0.05) is 24.7 Å². The number of aryl methyl sites for hydroxylation is 1. The first-order valence-corrected chi connectivity index (χ1v) is 11.9. The Morgan fingerprint density at radius 2 is 1.81 bits per heavy atom. The third kappa shape index (κ3) is 5.84. The Bertz CT molecular complexity index is 1070. The molecule has 0 aliphatic carbocycles. The van der Waals surface area contributed by atoms with Crippen LogP contribution in [-0.4, -0.2) is 44.3 Å². The topological polar surface area (TPSA) is 92.8 Å². The number of hydrogen-bond donors (Lipinski definition) is 1. The van der Waals surface area contributed by atoms with Crippen LogP contribution < -0.4 is 5.32 Å². The smallest absolute Gasteiger partial charge is 0.338 e. The molecule has 0 atom stereocenters. The SMILES string of the molecule is Cc1ccc(C(=O)OCC(=O)NCc2ccccc2Cl)cc1S(=O)(=O)N1CCCCC1. The maximum absolute atomic E-state index is 13.0. The van der Waals surface area contributed by atoms with E-state index in [1.807, 2.05) is 0 Å². The van der Waals surface area contributed by atoms with Gasteiger partial charge in [0.05, 0.1) is 10.5 Å². The number of piperidine rings is 1. The molecule has 0 aromatic heterocycles. The number of hydrogen-bond acceptors (Lipinski definition) is 5. The van der Waals surface area contributed by atoms with Gasteiger partial charge in [0.25, 0.3) is 5.91 Å². The predicted octanol–water partition coefficient (Wildman–Crippen LogP) is 3.30. The zero-order valence-corrected chi connectivity index (χ0v) is 18.8. The van der Waals surface area contributed by atoms with Crippen molar-refractivity contribution >= 4 is 33.5 Å². The van der Waals surface area contributed by atoms with E-state index in [0.29, 0.717) is 23.7 Å². The lowest BCUT2D eigenvalue weighted by Crippen LogP contribution is -2.36. The van der Waals surface area contributed by atoms with Crippen LogP contribution in [0.5, 0.6) is 0 Å². The number of nitrogens with zero attached hydrogens (tertiary/aromatic N) is 1. The summed E-state index contributed by atoms with van der Waals surface area (Å²) >= 11 is 6.05. The highest BCUT2D eigenvalue weighted by Gasteiger charge is 2.28. The first-order valence-electron chi connectivity index (χ1n) is 10.1. The standard InChI is InChI=1S/C22H25ClN2O5S/c1-16-9-10-17(13-20(16)31(28,29)25-11-5-2-6-12-25)22(27)30-15-21(26)24-14-18-7-3-4-8-19(18)23/h3-4,7-10,13H,2,5-6,11-12,14-15H2,1H3,(H,24,26). The Balaban J connectivity index is 1.62. The van der Waals surface area contributed by atoms with Crippen molar-refractivity contribution in [2.75, 3.05) is 19.7 Å². The average Bonchev–Trinajstić information content (AvgIpc) is 2.77. The highest BCUT2D eigenvalue weighted by molar-refractivity contribution is 7.89. The Kier molecular flexibility index (Phi) is 7.69. The van der Waals surface area contributed by atoms with Crippen LogP contribution >= 0.6 is 11.6 Å². The van der Waals surface area contributed by atoms with Gasteiger partial charge in [0.2, 0.25) is 10.0 Å². The van der Waals surface area contributed by atoms with E-state index >= 15 is 0 Å². The second-order valence-corrected chi connectivity index (χ2v) is 9.70. The molecule has 2 aromatic carbocycles. The lowest BCUT2D eigenvalue weighted by atomic mass is 10.1. The third-order valence-corrected chi connectivity index (χ3v) is 7.53. The first kappa shape index (κ1) is 23.2. The summed E-state index contributed by atoms with van der Waals surface area (Å²) in [5.74, 6) is -1.25. The van der Waals surface area contributed by atoms with Crippen LogP contribution in [0.15, 0.2) is 47.4 Å². The van der Waals surface area contributed by atoms with E-state index in [4.69, 9.17) is 16.3 Å². The van der Waals surface area contributed by atoms with E-state index in [1.165, 1.54) is 16.4 Å². The summed E-state index contributed by atoms with van der Waals surface area (Å²) in [6, 6.07) is 11.5. The van der Waals surface area contributed by atoms with Gasteiger partial charge in [0.1, 0.15) is 0 Å². The van der Waals surface area contributed by atoms with Gasteiger partial charge in [0.15, 0.2) is 6.61 Å². The van der Waals surface area contributed by atoms with Crippen molar-refractivity contribution in [1.82, 2.24) is 9.62 Å². The molecule has 0 spiro atoms. The summed E-state index contributed by atoms with van der Waals surface area (Å²) < 4.78 is 32.5. The zero-order chi connectivity index (χ0) is 22.4. The summed E-state index contributed by atoms with van der Waals surface area (Å²) in [6.07, 6.45) is 2.66. The summed E-state index contributed by atoms with van der Waals surface area (Å²) in [6.45, 7) is 2.36. The van der Waals surface area contributed by atoms with E-state index in [2.05, 4.69) is 5.32 Å². The molecule has 1 amide bonds. The van der Waals surface area contributed by atoms with E-state index in [-0.39, 0.29) is 17.0 Å². The highest BCUT2D eigenvalue weighted by Crippen LogP contribution is 2.24. The normalized spacial score (nSPS) is 14.8. The van der Waals surface area contributed by atoms with Crippen molar-refractivity contribution in [2.24, 2.45) is 0 Å². The zero-order valence-electron chi connectivity index (χ0n) is 17.3. The third-order valence-electron chi connectivity index (χ3n) is 5.12. The van der Waals surface area contributed by atoms with Crippen molar-refractivity contribution in [3.8, 4) is 0 Å². The fourth-order valence-electron chi connectivity index (χ4n) is 3.35. The molecule has 0 saturated carbocycles. The number of nitrogens with one attached hydrogen (secondary N) is 1. The Morgan fingerprint density at radius 3 is 2.52 bits per heavy atom. The van der Waals surface area contributed by atoms with Crippen molar-refractivity contribution in [3.63, 3.8) is 0 Å². The molecule has 1 heterocycles. The Labute approximate surface area is 187 Å². The lowest BCUT2D eigenvalue weighted by molar-refractivity contribution is -0.124. The van der Waals surface area contributed by atoms with Crippen LogP contribution in [0.25, 0.3) is 0 Å². The van der Waals surface area contributed by atoms with Gasteiger partial charge in [-0.1, -0.05) is 42.3 Å². The van der Waals surface area contributed by atoms with Gasteiger partial charge < -0.3 is 10.1 Å². The van der Waals surface area contributed by atoms with E-state index < -0.39 is 28.5 Å². The fourth-order valence-corrected chi connectivity index (χ4v) is 5.32. The molecule has 3 rings (SSSR count). The summed E-state index contributed by atoms with van der Waals surface area (Å²) in [7, 11) is -3.69. The molecule has 31 heavy (non-hydrogen) atoms. The van der Waals surface area contributed by atoms with Gasteiger partial charge in [-0.2, -0.15) is 4.31 Å². The number of carbonyl (C=O) groups excluding carboxylic acids is 2. The van der Waals surface area contributed by atoms with Gasteiger partial charge in [-0.05, 0) is 49.1 Å². The van der Waals surface area contributed by atoms with Gasteiger partial charge in [-0.15, -0.1) is 0 Å². The van der Waals surface area contributed by atoms with E-state index in [9.17, 15) is 18.0 Å².